The average Bonchev–Trinajstić information content (AvgIpc) is 2.42. The molecule has 0 amide bonds. The van der Waals surface area contributed by atoms with Gasteiger partial charge in [-0.1, -0.05) is 25.1 Å². The Bertz CT molecular complexity index is 471. The van der Waals surface area contributed by atoms with E-state index in [9.17, 15) is 0 Å². The van der Waals surface area contributed by atoms with Gasteiger partial charge in [-0.05, 0) is 76.7 Å². The third kappa shape index (κ3) is 1.89. The van der Waals surface area contributed by atoms with Gasteiger partial charge in [0.05, 0.1) is 0 Å². The van der Waals surface area contributed by atoms with E-state index in [0.29, 0.717) is 0 Å². The molecule has 0 aliphatic heterocycles. The normalized spacial score (nSPS) is 10.9. The van der Waals surface area contributed by atoms with Gasteiger partial charge in [-0.25, -0.2) is 0 Å². The minimum Gasteiger partial charge on any atom is -0.0613 e. The van der Waals surface area contributed by atoms with Gasteiger partial charge in [0.25, 0.3) is 0 Å². The van der Waals surface area contributed by atoms with Crippen LogP contribution in [0.15, 0.2) is 24.3 Å². The quantitative estimate of drug-likeness (QED) is 0.677. The smallest absolute Gasteiger partial charge is 0.0172 e. The molecule has 0 spiro atoms. The molecular weight excluding hydrogens is 295 g/mol. The van der Waals surface area contributed by atoms with E-state index in [4.69, 9.17) is 0 Å². The zero-order valence-electron chi connectivity index (χ0n) is 9.39. The summed E-state index contributed by atoms with van der Waals surface area (Å²) in [7, 11) is 0. The van der Waals surface area contributed by atoms with Crippen LogP contribution in [0, 0.1) is 17.4 Å². The highest BCUT2D eigenvalue weighted by Crippen LogP contribution is 2.34. The van der Waals surface area contributed by atoms with Crippen molar-refractivity contribution in [3.63, 3.8) is 0 Å². The van der Waals surface area contributed by atoms with Crippen molar-refractivity contribution in [2.75, 3.05) is 0 Å². The molecule has 1 heteroatoms. The molecule has 0 fully saturated rings. The molecule has 2 aliphatic carbocycles. The maximum absolute atomic E-state index is 2.42. The standard InChI is InChI=1S/C14H15I/c1-4-11-6-5-9(2)12-8-14(15)10(3)13(12)7-11/h5-8H,4H2,1-3H3. The van der Waals surface area contributed by atoms with Crippen LogP contribution in [0.5, 0.6) is 0 Å². The first-order valence-corrected chi connectivity index (χ1v) is 6.39. The lowest BCUT2D eigenvalue weighted by Crippen LogP contribution is -1.77. The number of aryl methyl sites for hydroxylation is 2. The maximum atomic E-state index is 2.42. The molecule has 0 saturated carbocycles. The summed E-state index contributed by atoms with van der Waals surface area (Å²) in [6, 6.07) is 9.10. The van der Waals surface area contributed by atoms with Gasteiger partial charge in [-0.2, -0.15) is 0 Å². The van der Waals surface area contributed by atoms with E-state index in [1.807, 2.05) is 0 Å². The predicted octanol–water partition coefficient (Wildman–Crippen LogP) is 4.58. The van der Waals surface area contributed by atoms with Crippen LogP contribution in [0.3, 0.4) is 0 Å². The third-order valence-electron chi connectivity index (χ3n) is 3.03. The highest BCUT2D eigenvalue weighted by atomic mass is 127. The Hall–Kier alpha value is -0.570. The molecule has 0 unspecified atom stereocenters. The predicted molar refractivity (Wildman–Crippen MR) is 74.6 cm³/mol. The van der Waals surface area contributed by atoms with E-state index in [0.717, 1.165) is 6.42 Å². The molecule has 0 atom stereocenters. The van der Waals surface area contributed by atoms with Gasteiger partial charge in [0.1, 0.15) is 0 Å². The van der Waals surface area contributed by atoms with Crippen molar-refractivity contribution in [2.24, 2.45) is 0 Å². The van der Waals surface area contributed by atoms with Crippen LogP contribution >= 0.6 is 22.6 Å². The molecular formula is C14H15I. The molecule has 78 valence electrons. The summed E-state index contributed by atoms with van der Waals surface area (Å²) in [4.78, 5) is 0. The van der Waals surface area contributed by atoms with Crippen LogP contribution in [-0.2, 0) is 6.42 Å². The van der Waals surface area contributed by atoms with E-state index in [1.165, 1.54) is 31.4 Å². The van der Waals surface area contributed by atoms with Crippen molar-refractivity contribution in [1.82, 2.24) is 0 Å². The van der Waals surface area contributed by atoms with Gasteiger partial charge in [0.15, 0.2) is 0 Å². The lowest BCUT2D eigenvalue weighted by Gasteiger charge is -1.98. The lowest BCUT2D eigenvalue weighted by molar-refractivity contribution is 1.15. The second-order valence-corrected chi connectivity index (χ2v) is 5.20. The Morgan fingerprint density at radius 3 is 2.47 bits per heavy atom. The Morgan fingerprint density at radius 2 is 1.80 bits per heavy atom. The second kappa shape index (κ2) is 4.12. The largest absolute Gasteiger partial charge is 0.0613 e. The Morgan fingerprint density at radius 1 is 1.07 bits per heavy atom. The highest BCUT2D eigenvalue weighted by molar-refractivity contribution is 14.1. The molecule has 2 aliphatic rings. The topological polar surface area (TPSA) is 0 Å². The summed E-state index contributed by atoms with van der Waals surface area (Å²) in [5, 5.41) is 0. The number of fused-ring (bicyclic) bond motifs is 1. The average molecular weight is 310 g/mol. The van der Waals surface area contributed by atoms with Crippen LogP contribution in [-0.4, -0.2) is 0 Å². The van der Waals surface area contributed by atoms with Crippen molar-refractivity contribution >= 4 is 22.6 Å². The maximum Gasteiger partial charge on any atom is 0.0172 e. The fourth-order valence-electron chi connectivity index (χ4n) is 1.93. The summed E-state index contributed by atoms with van der Waals surface area (Å²) in [6.45, 7) is 6.61. The summed E-state index contributed by atoms with van der Waals surface area (Å²) in [5.74, 6) is 0. The van der Waals surface area contributed by atoms with Crippen LogP contribution < -0.4 is 0 Å². The number of rotatable bonds is 1. The van der Waals surface area contributed by atoms with E-state index in [2.05, 4.69) is 67.6 Å². The summed E-state index contributed by atoms with van der Waals surface area (Å²) >= 11 is 2.42. The van der Waals surface area contributed by atoms with Crippen molar-refractivity contribution in [2.45, 2.75) is 27.2 Å². The molecule has 0 aromatic rings. The van der Waals surface area contributed by atoms with Crippen molar-refractivity contribution in [3.05, 3.63) is 44.5 Å². The number of halogens is 1. The van der Waals surface area contributed by atoms with Gasteiger partial charge in [-0.3, -0.25) is 0 Å². The first kappa shape index (κ1) is 10.9. The minimum atomic E-state index is 1.10. The van der Waals surface area contributed by atoms with Gasteiger partial charge < -0.3 is 0 Å². The Balaban J connectivity index is 2.79. The fourth-order valence-corrected chi connectivity index (χ4v) is 2.53. The number of hydrogen-bond donors (Lipinski definition) is 0. The third-order valence-corrected chi connectivity index (χ3v) is 4.15. The molecule has 0 radical (unpaired) electrons. The van der Waals surface area contributed by atoms with Gasteiger partial charge >= 0.3 is 0 Å². The molecule has 0 nitrogen and oxygen atoms in total. The summed E-state index contributed by atoms with van der Waals surface area (Å²) in [6.07, 6.45) is 1.10. The zero-order chi connectivity index (χ0) is 11.0. The van der Waals surface area contributed by atoms with E-state index in [1.54, 1.807) is 0 Å². The first-order valence-electron chi connectivity index (χ1n) is 5.32. The molecule has 0 N–H and O–H groups in total. The van der Waals surface area contributed by atoms with E-state index < -0.39 is 0 Å². The summed E-state index contributed by atoms with van der Waals surface area (Å²) in [5.41, 5.74) is 7.02. The van der Waals surface area contributed by atoms with Crippen LogP contribution in [0.2, 0.25) is 0 Å². The number of hydrogen-bond acceptors (Lipinski definition) is 0. The van der Waals surface area contributed by atoms with Gasteiger partial charge in [-0.15, -0.1) is 0 Å². The van der Waals surface area contributed by atoms with Crippen molar-refractivity contribution in [1.29, 1.82) is 0 Å². The Labute approximate surface area is 105 Å². The van der Waals surface area contributed by atoms with Gasteiger partial charge in [0.2, 0.25) is 0 Å². The van der Waals surface area contributed by atoms with Crippen LogP contribution in [0.4, 0.5) is 0 Å². The minimum absolute atomic E-state index is 1.10. The first-order chi connectivity index (χ1) is 7.13. The molecule has 0 aromatic heterocycles. The van der Waals surface area contributed by atoms with Crippen molar-refractivity contribution in [3.8, 4) is 11.1 Å². The SMILES string of the molecule is CCc1ccc(C)c2cc(I)c(C)c-2c1. The van der Waals surface area contributed by atoms with Gasteiger partial charge in [0, 0.05) is 3.57 Å². The zero-order valence-corrected chi connectivity index (χ0v) is 11.6. The fraction of sp³-hybridized carbons (Fsp3) is 0.286. The molecule has 15 heavy (non-hydrogen) atoms. The Kier molecular flexibility index (Phi) is 3.01. The second-order valence-electron chi connectivity index (χ2n) is 4.03. The van der Waals surface area contributed by atoms with E-state index >= 15 is 0 Å². The van der Waals surface area contributed by atoms with E-state index in [-0.39, 0.29) is 0 Å². The molecule has 0 saturated heterocycles. The van der Waals surface area contributed by atoms with Crippen LogP contribution in [0.25, 0.3) is 11.1 Å². The molecule has 0 heterocycles. The lowest BCUT2D eigenvalue weighted by atomic mass is 10.1. The summed E-state index contributed by atoms with van der Waals surface area (Å²) < 4.78 is 1.37. The molecule has 0 bridgehead atoms. The van der Waals surface area contributed by atoms with Crippen molar-refractivity contribution < 1.29 is 0 Å². The van der Waals surface area contributed by atoms with Crippen LogP contribution in [0.1, 0.15) is 23.6 Å². The molecule has 2 rings (SSSR count). The molecule has 0 aromatic carbocycles. The monoisotopic (exact) mass is 310 g/mol. The highest BCUT2D eigenvalue weighted by Gasteiger charge is 2.12.